The third kappa shape index (κ3) is 4.86. The summed E-state index contributed by atoms with van der Waals surface area (Å²) in [4.78, 5) is 27.7. The highest BCUT2D eigenvalue weighted by Gasteiger charge is 2.31. The molecule has 3 heterocycles. The highest BCUT2D eigenvalue weighted by atomic mass is 32.1. The number of hydrogen-bond acceptors (Lipinski definition) is 7. The van der Waals surface area contributed by atoms with Gasteiger partial charge in [-0.1, -0.05) is 19.3 Å². The van der Waals surface area contributed by atoms with E-state index in [2.05, 4.69) is 32.1 Å². The average molecular weight is 402 g/mol. The Bertz CT molecular complexity index is 822. The molecule has 2 atom stereocenters. The van der Waals surface area contributed by atoms with E-state index in [4.69, 9.17) is 4.74 Å². The van der Waals surface area contributed by atoms with E-state index in [1.54, 1.807) is 6.33 Å². The van der Waals surface area contributed by atoms with Crippen molar-refractivity contribution in [2.24, 2.45) is 5.92 Å². The molecule has 0 aromatic carbocycles. The third-order valence-corrected chi connectivity index (χ3v) is 6.47. The van der Waals surface area contributed by atoms with Gasteiger partial charge in [-0.3, -0.25) is 9.69 Å². The molecule has 1 aliphatic heterocycles. The minimum atomic E-state index is -0.0922. The summed E-state index contributed by atoms with van der Waals surface area (Å²) in [6.07, 6.45) is 9.58. The largest absolute Gasteiger partial charge is 0.473 e. The summed E-state index contributed by atoms with van der Waals surface area (Å²) < 4.78 is 6.18. The molecule has 1 N–H and O–H groups in total. The first-order valence-corrected chi connectivity index (χ1v) is 10.8. The predicted octanol–water partition coefficient (Wildman–Crippen LogP) is 3.28. The predicted molar refractivity (Wildman–Crippen MR) is 108 cm³/mol. The van der Waals surface area contributed by atoms with Gasteiger partial charge < -0.3 is 10.1 Å². The molecule has 2 aromatic rings. The average Bonchev–Trinajstić information content (AvgIpc) is 3.18. The Morgan fingerprint density at radius 1 is 1.36 bits per heavy atom. The van der Waals surface area contributed by atoms with Crippen LogP contribution < -0.4 is 10.1 Å². The number of hydrogen-bond donors (Lipinski definition) is 1. The minimum Gasteiger partial charge on any atom is -0.473 e. The van der Waals surface area contributed by atoms with Crippen LogP contribution in [-0.2, 0) is 17.8 Å². The fraction of sp³-hybridized carbons (Fsp3) is 0.600. The van der Waals surface area contributed by atoms with Crippen LogP contribution in [-0.4, -0.2) is 44.4 Å². The number of carbonyl (C=O) groups is 1. The van der Waals surface area contributed by atoms with Gasteiger partial charge in [0.25, 0.3) is 0 Å². The molecule has 2 fully saturated rings. The summed E-state index contributed by atoms with van der Waals surface area (Å²) in [5, 5.41) is 3.40. The van der Waals surface area contributed by atoms with Gasteiger partial charge in [0.05, 0.1) is 0 Å². The number of carbonyl (C=O) groups excluding carboxylic acids is 1. The number of aromatic nitrogens is 3. The minimum absolute atomic E-state index is 0.0922. The van der Waals surface area contributed by atoms with Gasteiger partial charge in [0, 0.05) is 55.3 Å². The Balaban J connectivity index is 1.31. The quantitative estimate of drug-likeness (QED) is 0.767. The van der Waals surface area contributed by atoms with Crippen LogP contribution >= 0.6 is 11.3 Å². The van der Waals surface area contributed by atoms with Crippen molar-refractivity contribution in [1.82, 2.24) is 19.9 Å². The number of anilines is 1. The lowest BCUT2D eigenvalue weighted by Gasteiger charge is -2.24. The molecular formula is C20H27N5O2S. The van der Waals surface area contributed by atoms with E-state index in [0.29, 0.717) is 17.1 Å². The summed E-state index contributed by atoms with van der Waals surface area (Å²) in [6.45, 7) is 5.39. The van der Waals surface area contributed by atoms with Gasteiger partial charge in [-0.15, -0.1) is 11.3 Å². The Morgan fingerprint density at radius 2 is 2.21 bits per heavy atom. The van der Waals surface area contributed by atoms with E-state index in [1.165, 1.54) is 37.5 Å². The number of nitrogens with zero attached hydrogens (tertiary/aromatic N) is 4. The van der Waals surface area contributed by atoms with Crippen molar-refractivity contribution in [2.45, 2.75) is 64.6 Å². The summed E-state index contributed by atoms with van der Waals surface area (Å²) in [6, 6.07) is 2.43. The monoisotopic (exact) mass is 401 g/mol. The molecule has 7 nitrogen and oxygen atoms in total. The lowest BCUT2D eigenvalue weighted by Crippen LogP contribution is -2.27. The topological polar surface area (TPSA) is 80.2 Å². The van der Waals surface area contributed by atoms with E-state index >= 15 is 0 Å². The second-order valence-electron chi connectivity index (χ2n) is 7.92. The standard InChI is InChI=1S/C20H27N5O2S/c1-13-6-17(10-25(13)11-18-9-21-20(28-18)24-14(2)26)27-19-8-16(22-12-23-19)7-15-4-3-5-15/h8-9,12-13,15,17H,3-7,10-11H2,1-2H3,(H,21,24,26)/t13-,17+/m0/s1. The third-order valence-electron chi connectivity index (χ3n) is 5.57. The Morgan fingerprint density at radius 3 is 2.96 bits per heavy atom. The van der Waals surface area contributed by atoms with Gasteiger partial charge in [-0.25, -0.2) is 15.0 Å². The molecule has 1 saturated carbocycles. The molecule has 8 heteroatoms. The van der Waals surface area contributed by atoms with Crippen molar-refractivity contribution in [3.63, 3.8) is 0 Å². The molecule has 1 saturated heterocycles. The number of ether oxygens (including phenoxy) is 1. The Kier molecular flexibility index (Phi) is 5.87. The molecule has 1 aliphatic carbocycles. The van der Waals surface area contributed by atoms with Crippen LogP contribution in [0.15, 0.2) is 18.6 Å². The van der Waals surface area contributed by atoms with Gasteiger partial charge in [-0.05, 0) is 19.3 Å². The van der Waals surface area contributed by atoms with Crippen molar-refractivity contribution in [3.8, 4) is 5.88 Å². The van der Waals surface area contributed by atoms with Crippen LogP contribution in [0.4, 0.5) is 5.13 Å². The van der Waals surface area contributed by atoms with Crippen molar-refractivity contribution in [3.05, 3.63) is 29.2 Å². The van der Waals surface area contributed by atoms with E-state index in [0.717, 1.165) is 42.4 Å². The van der Waals surface area contributed by atoms with E-state index in [9.17, 15) is 4.79 Å². The molecule has 2 aromatic heterocycles. The smallest absolute Gasteiger partial charge is 0.223 e. The normalized spacial score (nSPS) is 22.8. The molecule has 0 spiro atoms. The zero-order valence-corrected chi connectivity index (χ0v) is 17.2. The number of rotatable bonds is 7. The fourth-order valence-corrected chi connectivity index (χ4v) is 4.74. The van der Waals surface area contributed by atoms with Gasteiger partial charge >= 0.3 is 0 Å². The fourth-order valence-electron chi connectivity index (χ4n) is 3.86. The molecular weight excluding hydrogens is 374 g/mol. The highest BCUT2D eigenvalue weighted by Crippen LogP contribution is 2.30. The molecule has 150 valence electrons. The second-order valence-corrected chi connectivity index (χ2v) is 9.03. The van der Waals surface area contributed by atoms with Gasteiger partial charge in [0.2, 0.25) is 11.8 Å². The zero-order chi connectivity index (χ0) is 19.5. The molecule has 0 radical (unpaired) electrons. The maximum Gasteiger partial charge on any atom is 0.223 e. The molecule has 28 heavy (non-hydrogen) atoms. The number of nitrogens with one attached hydrogen (secondary N) is 1. The maximum atomic E-state index is 11.2. The van der Waals surface area contributed by atoms with Crippen LogP contribution in [0.1, 0.15) is 50.1 Å². The molecule has 2 aliphatic rings. The first-order valence-electron chi connectivity index (χ1n) is 9.99. The van der Waals surface area contributed by atoms with Crippen LogP contribution in [0.5, 0.6) is 5.88 Å². The molecule has 0 bridgehead atoms. The lowest BCUT2D eigenvalue weighted by atomic mass is 9.82. The second kappa shape index (κ2) is 8.53. The van der Waals surface area contributed by atoms with E-state index in [-0.39, 0.29) is 12.0 Å². The number of likely N-dealkylation sites (tertiary alicyclic amines) is 1. The highest BCUT2D eigenvalue weighted by molar-refractivity contribution is 7.15. The van der Waals surface area contributed by atoms with Crippen molar-refractivity contribution >= 4 is 22.4 Å². The summed E-state index contributed by atoms with van der Waals surface area (Å²) in [5.74, 6) is 1.38. The molecule has 0 unspecified atom stereocenters. The van der Waals surface area contributed by atoms with E-state index in [1.807, 2.05) is 12.3 Å². The van der Waals surface area contributed by atoms with Crippen molar-refractivity contribution < 1.29 is 9.53 Å². The first kappa shape index (κ1) is 19.3. The van der Waals surface area contributed by atoms with Crippen molar-refractivity contribution in [1.29, 1.82) is 0 Å². The maximum absolute atomic E-state index is 11.2. The van der Waals surface area contributed by atoms with E-state index < -0.39 is 0 Å². The van der Waals surface area contributed by atoms with Crippen LogP contribution in [0.25, 0.3) is 0 Å². The Hall–Kier alpha value is -2.06. The summed E-state index contributed by atoms with van der Waals surface area (Å²) in [7, 11) is 0. The van der Waals surface area contributed by atoms with Crippen molar-refractivity contribution in [2.75, 3.05) is 11.9 Å². The first-order chi connectivity index (χ1) is 13.5. The Labute approximate surface area is 169 Å². The van der Waals surface area contributed by atoms with Crippen LogP contribution in [0.2, 0.25) is 0 Å². The number of amides is 1. The van der Waals surface area contributed by atoms with Gasteiger partial charge in [0.15, 0.2) is 5.13 Å². The zero-order valence-electron chi connectivity index (χ0n) is 16.4. The summed E-state index contributed by atoms with van der Waals surface area (Å²) in [5.41, 5.74) is 1.09. The van der Waals surface area contributed by atoms with Gasteiger partial charge in [0.1, 0.15) is 12.4 Å². The van der Waals surface area contributed by atoms with Crippen LogP contribution in [0.3, 0.4) is 0 Å². The van der Waals surface area contributed by atoms with Gasteiger partial charge in [-0.2, -0.15) is 0 Å². The number of thiazole rings is 1. The SMILES string of the molecule is CC(=O)Nc1ncc(CN2C[C@H](Oc3cc(CC4CCC4)ncn3)C[C@@H]2C)s1. The lowest BCUT2D eigenvalue weighted by molar-refractivity contribution is -0.114. The van der Waals surface area contributed by atoms with Crippen LogP contribution in [0, 0.1) is 5.92 Å². The summed E-state index contributed by atoms with van der Waals surface area (Å²) >= 11 is 1.52. The molecule has 4 rings (SSSR count). The molecule has 1 amide bonds.